The number of ketones is 1. The van der Waals surface area contributed by atoms with Crippen molar-refractivity contribution in [2.24, 2.45) is 11.3 Å². The van der Waals surface area contributed by atoms with E-state index in [0.29, 0.717) is 12.4 Å². The van der Waals surface area contributed by atoms with Gasteiger partial charge in [0.1, 0.15) is 5.78 Å². The molecule has 1 saturated carbocycles. The number of halogens is 1. The zero-order valence-corrected chi connectivity index (χ0v) is 13.7. The SMILES string of the molecule is CC.COCC1(C)CCC(Cc2ccc(Cl)cc2)C1=O. The second-order valence-corrected chi connectivity index (χ2v) is 5.86. The van der Waals surface area contributed by atoms with E-state index in [1.165, 1.54) is 5.56 Å². The molecule has 1 aliphatic rings. The largest absolute Gasteiger partial charge is 0.384 e. The van der Waals surface area contributed by atoms with Gasteiger partial charge in [0.15, 0.2) is 0 Å². The first-order valence-corrected chi connectivity index (χ1v) is 7.71. The Kier molecular flexibility index (Phi) is 6.70. The van der Waals surface area contributed by atoms with E-state index in [1.807, 2.05) is 45.0 Å². The van der Waals surface area contributed by atoms with Gasteiger partial charge in [-0.1, -0.05) is 44.5 Å². The predicted octanol–water partition coefficient (Wildman–Crippen LogP) is 4.54. The molecule has 0 N–H and O–H groups in total. The lowest BCUT2D eigenvalue weighted by atomic mass is 9.86. The number of hydrogen-bond donors (Lipinski definition) is 0. The quantitative estimate of drug-likeness (QED) is 0.815. The maximum atomic E-state index is 12.4. The van der Waals surface area contributed by atoms with Crippen molar-refractivity contribution in [1.29, 1.82) is 0 Å². The summed E-state index contributed by atoms with van der Waals surface area (Å²) < 4.78 is 5.18. The van der Waals surface area contributed by atoms with Crippen LogP contribution in [-0.4, -0.2) is 19.5 Å². The second-order valence-electron chi connectivity index (χ2n) is 5.42. The van der Waals surface area contributed by atoms with E-state index in [1.54, 1.807) is 7.11 Å². The molecular weight excluding hydrogens is 272 g/mol. The summed E-state index contributed by atoms with van der Waals surface area (Å²) in [5.74, 6) is 0.477. The van der Waals surface area contributed by atoms with Gasteiger partial charge in [0, 0.05) is 23.5 Å². The molecule has 0 saturated heterocycles. The molecule has 2 atom stereocenters. The molecule has 2 rings (SSSR count). The van der Waals surface area contributed by atoms with E-state index in [9.17, 15) is 4.79 Å². The predicted molar refractivity (Wildman–Crippen MR) is 84.2 cm³/mol. The lowest BCUT2D eigenvalue weighted by Gasteiger charge is -2.21. The van der Waals surface area contributed by atoms with E-state index in [4.69, 9.17) is 16.3 Å². The van der Waals surface area contributed by atoms with Crippen molar-refractivity contribution in [2.45, 2.75) is 40.0 Å². The van der Waals surface area contributed by atoms with Crippen molar-refractivity contribution in [3.05, 3.63) is 34.9 Å². The minimum absolute atomic E-state index is 0.131. The van der Waals surface area contributed by atoms with Gasteiger partial charge in [0.2, 0.25) is 0 Å². The van der Waals surface area contributed by atoms with Crippen LogP contribution in [0.4, 0.5) is 0 Å². The molecule has 0 heterocycles. The number of Topliss-reactive ketones (excluding diaryl/α,β-unsaturated/α-hetero) is 1. The molecule has 3 heteroatoms. The van der Waals surface area contributed by atoms with Gasteiger partial charge in [-0.25, -0.2) is 0 Å². The van der Waals surface area contributed by atoms with Crippen LogP contribution in [0, 0.1) is 11.3 Å². The van der Waals surface area contributed by atoms with E-state index >= 15 is 0 Å². The topological polar surface area (TPSA) is 26.3 Å². The molecule has 1 aromatic rings. The van der Waals surface area contributed by atoms with Crippen molar-refractivity contribution < 1.29 is 9.53 Å². The molecule has 0 aliphatic heterocycles. The van der Waals surface area contributed by atoms with Crippen molar-refractivity contribution in [2.75, 3.05) is 13.7 Å². The first-order valence-electron chi connectivity index (χ1n) is 7.33. The third-order valence-electron chi connectivity index (χ3n) is 3.87. The smallest absolute Gasteiger partial charge is 0.144 e. The molecule has 0 amide bonds. The van der Waals surface area contributed by atoms with E-state index in [2.05, 4.69) is 0 Å². The van der Waals surface area contributed by atoms with Crippen LogP contribution < -0.4 is 0 Å². The van der Waals surface area contributed by atoms with Gasteiger partial charge < -0.3 is 4.74 Å². The Hall–Kier alpha value is -0.860. The number of hydrogen-bond acceptors (Lipinski definition) is 2. The third-order valence-corrected chi connectivity index (χ3v) is 4.12. The third kappa shape index (κ3) is 4.07. The highest BCUT2D eigenvalue weighted by Crippen LogP contribution is 2.39. The highest BCUT2D eigenvalue weighted by Gasteiger charge is 2.43. The van der Waals surface area contributed by atoms with Crippen molar-refractivity contribution >= 4 is 17.4 Å². The Morgan fingerprint density at radius 1 is 1.30 bits per heavy atom. The molecule has 1 aromatic carbocycles. The van der Waals surface area contributed by atoms with Crippen LogP contribution >= 0.6 is 11.6 Å². The Balaban J connectivity index is 0.000000956. The standard InChI is InChI=1S/C15H19ClO2.C2H6/c1-15(10-18-2)8-7-12(14(15)17)9-11-3-5-13(16)6-4-11;1-2/h3-6,12H,7-10H2,1-2H3;1-2H3. The van der Waals surface area contributed by atoms with E-state index in [-0.39, 0.29) is 11.3 Å². The zero-order valence-electron chi connectivity index (χ0n) is 12.9. The Morgan fingerprint density at radius 2 is 1.90 bits per heavy atom. The minimum Gasteiger partial charge on any atom is -0.384 e. The molecule has 1 aliphatic carbocycles. The van der Waals surface area contributed by atoms with Gasteiger partial charge in [-0.15, -0.1) is 0 Å². The molecule has 0 aromatic heterocycles. The number of rotatable bonds is 4. The minimum atomic E-state index is -0.286. The van der Waals surface area contributed by atoms with Gasteiger partial charge in [-0.2, -0.15) is 0 Å². The normalized spacial score (nSPS) is 25.2. The average Bonchev–Trinajstić information content (AvgIpc) is 2.72. The van der Waals surface area contributed by atoms with Crippen molar-refractivity contribution in [3.63, 3.8) is 0 Å². The van der Waals surface area contributed by atoms with Crippen LogP contribution in [-0.2, 0) is 16.0 Å². The average molecular weight is 297 g/mol. The van der Waals surface area contributed by atoms with Crippen LogP contribution in [0.3, 0.4) is 0 Å². The van der Waals surface area contributed by atoms with Crippen molar-refractivity contribution in [3.8, 4) is 0 Å². The van der Waals surface area contributed by atoms with E-state index in [0.717, 1.165) is 24.3 Å². The molecule has 0 spiro atoms. The summed E-state index contributed by atoms with van der Waals surface area (Å²) >= 11 is 5.86. The summed E-state index contributed by atoms with van der Waals surface area (Å²) in [6.07, 6.45) is 2.70. The Bertz CT molecular complexity index is 427. The highest BCUT2D eigenvalue weighted by atomic mass is 35.5. The first kappa shape index (κ1) is 17.2. The number of benzene rings is 1. The summed E-state index contributed by atoms with van der Waals surface area (Å²) in [7, 11) is 1.66. The summed E-state index contributed by atoms with van der Waals surface area (Å²) in [5.41, 5.74) is 0.894. The molecule has 2 unspecified atom stereocenters. The van der Waals surface area contributed by atoms with Gasteiger partial charge in [0.25, 0.3) is 0 Å². The molecule has 20 heavy (non-hydrogen) atoms. The Labute approximate surface area is 127 Å². The van der Waals surface area contributed by atoms with Gasteiger partial charge in [-0.05, 0) is 37.0 Å². The summed E-state index contributed by atoms with van der Waals surface area (Å²) in [6, 6.07) is 7.76. The molecule has 0 radical (unpaired) electrons. The second kappa shape index (κ2) is 7.80. The number of carbonyl (C=O) groups excluding carboxylic acids is 1. The highest BCUT2D eigenvalue weighted by molar-refractivity contribution is 6.30. The molecule has 0 bridgehead atoms. The van der Waals surface area contributed by atoms with Gasteiger partial charge in [-0.3, -0.25) is 4.79 Å². The maximum Gasteiger partial charge on any atom is 0.144 e. The van der Waals surface area contributed by atoms with Gasteiger partial charge >= 0.3 is 0 Å². The molecule has 112 valence electrons. The summed E-state index contributed by atoms with van der Waals surface area (Å²) in [4.78, 5) is 12.4. The van der Waals surface area contributed by atoms with E-state index < -0.39 is 0 Å². The monoisotopic (exact) mass is 296 g/mol. The number of carbonyl (C=O) groups is 1. The zero-order chi connectivity index (χ0) is 15.2. The summed E-state index contributed by atoms with van der Waals surface area (Å²) in [6.45, 7) is 6.55. The van der Waals surface area contributed by atoms with Crippen LogP contribution in [0.5, 0.6) is 0 Å². The fourth-order valence-corrected chi connectivity index (χ4v) is 2.93. The lowest BCUT2D eigenvalue weighted by molar-refractivity contribution is -0.130. The maximum absolute atomic E-state index is 12.4. The Morgan fingerprint density at radius 3 is 2.45 bits per heavy atom. The number of ether oxygens (including phenoxy) is 1. The summed E-state index contributed by atoms with van der Waals surface area (Å²) in [5, 5.41) is 0.737. The van der Waals surface area contributed by atoms with Crippen LogP contribution in [0.25, 0.3) is 0 Å². The van der Waals surface area contributed by atoms with Crippen LogP contribution in [0.15, 0.2) is 24.3 Å². The van der Waals surface area contributed by atoms with Crippen molar-refractivity contribution in [1.82, 2.24) is 0 Å². The molecule has 1 fully saturated rings. The molecular formula is C17H25ClO2. The van der Waals surface area contributed by atoms with Crippen LogP contribution in [0.2, 0.25) is 5.02 Å². The lowest BCUT2D eigenvalue weighted by Crippen LogP contribution is -2.30. The first-order chi connectivity index (χ1) is 9.55. The molecule has 2 nitrogen and oxygen atoms in total. The number of methoxy groups -OCH3 is 1. The van der Waals surface area contributed by atoms with Gasteiger partial charge in [0.05, 0.1) is 6.61 Å². The van der Waals surface area contributed by atoms with Crippen LogP contribution in [0.1, 0.15) is 39.2 Å². The fourth-order valence-electron chi connectivity index (χ4n) is 2.80. The fraction of sp³-hybridized carbons (Fsp3) is 0.588.